The number of halogens is 1. The van der Waals surface area contributed by atoms with Gasteiger partial charge in [0.2, 0.25) is 10.0 Å². The summed E-state index contributed by atoms with van der Waals surface area (Å²) in [6, 6.07) is 0. The average molecular weight is 280 g/mol. The molecular formula is C12H22ClNO2S. The van der Waals surface area contributed by atoms with Crippen LogP contribution in [-0.4, -0.2) is 37.9 Å². The van der Waals surface area contributed by atoms with E-state index in [0.29, 0.717) is 24.9 Å². The first-order valence-corrected chi connectivity index (χ1v) is 8.48. The van der Waals surface area contributed by atoms with Crippen molar-refractivity contribution in [2.75, 3.05) is 25.2 Å². The normalized spacial score (nSPS) is 23.9. The highest BCUT2D eigenvalue weighted by Crippen LogP contribution is 2.24. The Morgan fingerprint density at radius 1 is 1.53 bits per heavy atom. The summed E-state index contributed by atoms with van der Waals surface area (Å²) < 4.78 is 24.6. The highest BCUT2D eigenvalue weighted by Gasteiger charge is 2.25. The summed E-state index contributed by atoms with van der Waals surface area (Å²) in [5.74, 6) is 1.11. The summed E-state index contributed by atoms with van der Waals surface area (Å²) in [5, 5.41) is 0. The molecule has 1 fully saturated rings. The smallest absolute Gasteiger partial charge is 0.211 e. The van der Waals surface area contributed by atoms with Gasteiger partial charge in [0.25, 0.3) is 0 Å². The van der Waals surface area contributed by atoms with E-state index in [-0.39, 0.29) is 0 Å². The number of sulfonamides is 1. The predicted octanol–water partition coefficient (Wildman–Crippen LogP) is 2.62. The Bertz CT molecular complexity index is 365. The molecule has 1 rings (SSSR count). The number of allylic oxidation sites excluding steroid dienone is 2. The zero-order chi connectivity index (χ0) is 12.9. The van der Waals surface area contributed by atoms with E-state index in [1.807, 2.05) is 0 Å². The highest BCUT2D eigenvalue weighted by molar-refractivity contribution is 7.88. The second kappa shape index (κ2) is 6.76. The Morgan fingerprint density at radius 3 is 2.82 bits per heavy atom. The molecule has 100 valence electrons. The van der Waals surface area contributed by atoms with Gasteiger partial charge in [-0.2, -0.15) is 0 Å². The van der Waals surface area contributed by atoms with Crippen LogP contribution in [0, 0.1) is 5.92 Å². The standard InChI is InChI=1S/C12H22ClNO2S/c1-11(5-3-7-13)9-12-6-4-8-14(10-12)17(2,15)16/h5,12H,3-4,6-10H2,1-2H3. The third-order valence-corrected chi connectivity index (χ3v) is 4.65. The Labute approximate surface area is 110 Å². The summed E-state index contributed by atoms with van der Waals surface area (Å²) in [4.78, 5) is 0. The minimum absolute atomic E-state index is 0.463. The first kappa shape index (κ1) is 15.0. The van der Waals surface area contributed by atoms with E-state index in [1.165, 1.54) is 11.8 Å². The molecule has 0 aromatic rings. The van der Waals surface area contributed by atoms with E-state index in [9.17, 15) is 8.42 Å². The third kappa shape index (κ3) is 5.40. The SMILES string of the molecule is CC(=CCCCl)CC1CCCN(S(C)(=O)=O)C1. The Morgan fingerprint density at radius 2 is 2.24 bits per heavy atom. The number of alkyl halides is 1. The van der Waals surface area contributed by atoms with Gasteiger partial charge in [0.15, 0.2) is 0 Å². The van der Waals surface area contributed by atoms with Gasteiger partial charge in [0, 0.05) is 19.0 Å². The monoisotopic (exact) mass is 279 g/mol. The molecule has 0 saturated carbocycles. The van der Waals surface area contributed by atoms with Crippen LogP contribution < -0.4 is 0 Å². The molecule has 1 atom stereocenters. The van der Waals surface area contributed by atoms with E-state index in [4.69, 9.17) is 11.6 Å². The van der Waals surface area contributed by atoms with Gasteiger partial charge in [0.05, 0.1) is 6.26 Å². The average Bonchev–Trinajstić information content (AvgIpc) is 2.25. The minimum atomic E-state index is -3.02. The topological polar surface area (TPSA) is 37.4 Å². The van der Waals surface area contributed by atoms with Gasteiger partial charge >= 0.3 is 0 Å². The lowest BCUT2D eigenvalue weighted by atomic mass is 9.92. The summed E-state index contributed by atoms with van der Waals surface area (Å²) >= 11 is 5.64. The second-order valence-electron chi connectivity index (χ2n) is 4.86. The van der Waals surface area contributed by atoms with Gasteiger partial charge in [-0.15, -0.1) is 11.6 Å². The first-order valence-electron chi connectivity index (χ1n) is 6.10. The lowest BCUT2D eigenvalue weighted by molar-refractivity contribution is 0.266. The van der Waals surface area contributed by atoms with Gasteiger partial charge in [-0.25, -0.2) is 12.7 Å². The van der Waals surface area contributed by atoms with Crippen LogP contribution in [0.3, 0.4) is 0 Å². The zero-order valence-corrected chi connectivity index (χ0v) is 12.2. The van der Waals surface area contributed by atoms with Crippen molar-refractivity contribution in [1.29, 1.82) is 0 Å². The van der Waals surface area contributed by atoms with Gasteiger partial charge in [-0.3, -0.25) is 0 Å². The summed E-state index contributed by atoms with van der Waals surface area (Å²) in [7, 11) is -3.02. The van der Waals surface area contributed by atoms with Crippen molar-refractivity contribution in [3.63, 3.8) is 0 Å². The van der Waals surface area contributed by atoms with E-state index in [0.717, 1.165) is 25.7 Å². The van der Waals surface area contributed by atoms with Crippen LogP contribution in [0.2, 0.25) is 0 Å². The van der Waals surface area contributed by atoms with Crippen LogP contribution in [0.25, 0.3) is 0 Å². The molecule has 0 spiro atoms. The quantitative estimate of drug-likeness (QED) is 0.573. The molecule has 1 heterocycles. The number of rotatable bonds is 5. The molecular weight excluding hydrogens is 258 g/mol. The lowest BCUT2D eigenvalue weighted by Gasteiger charge is -2.31. The van der Waals surface area contributed by atoms with Crippen molar-refractivity contribution in [3.05, 3.63) is 11.6 Å². The molecule has 0 N–H and O–H groups in total. The predicted molar refractivity (Wildman–Crippen MR) is 72.9 cm³/mol. The highest BCUT2D eigenvalue weighted by atomic mass is 35.5. The van der Waals surface area contributed by atoms with Crippen molar-refractivity contribution < 1.29 is 8.42 Å². The molecule has 1 unspecified atom stereocenters. The summed E-state index contributed by atoms with van der Waals surface area (Å²) in [5.41, 5.74) is 1.33. The van der Waals surface area contributed by atoms with Crippen LogP contribution in [0.15, 0.2) is 11.6 Å². The first-order chi connectivity index (χ1) is 7.93. The number of nitrogens with zero attached hydrogens (tertiary/aromatic N) is 1. The minimum Gasteiger partial charge on any atom is -0.213 e. The van der Waals surface area contributed by atoms with Crippen molar-refractivity contribution >= 4 is 21.6 Å². The van der Waals surface area contributed by atoms with E-state index >= 15 is 0 Å². The van der Waals surface area contributed by atoms with Crippen LogP contribution in [0.5, 0.6) is 0 Å². The fourth-order valence-electron chi connectivity index (χ4n) is 2.33. The van der Waals surface area contributed by atoms with Crippen molar-refractivity contribution in [2.45, 2.75) is 32.6 Å². The zero-order valence-electron chi connectivity index (χ0n) is 10.7. The van der Waals surface area contributed by atoms with Crippen LogP contribution >= 0.6 is 11.6 Å². The number of hydrogen-bond acceptors (Lipinski definition) is 2. The van der Waals surface area contributed by atoms with Crippen LogP contribution in [0.4, 0.5) is 0 Å². The maximum absolute atomic E-state index is 11.5. The van der Waals surface area contributed by atoms with E-state index < -0.39 is 10.0 Å². The van der Waals surface area contributed by atoms with Crippen molar-refractivity contribution in [3.8, 4) is 0 Å². The number of hydrogen-bond donors (Lipinski definition) is 0. The lowest BCUT2D eigenvalue weighted by Crippen LogP contribution is -2.39. The molecule has 5 heteroatoms. The Hall–Kier alpha value is -0.0600. The molecule has 0 radical (unpaired) electrons. The van der Waals surface area contributed by atoms with Gasteiger partial charge in [0.1, 0.15) is 0 Å². The van der Waals surface area contributed by atoms with Gasteiger partial charge in [-0.05, 0) is 38.5 Å². The molecule has 1 aliphatic rings. The van der Waals surface area contributed by atoms with Gasteiger partial charge in [-0.1, -0.05) is 11.6 Å². The molecule has 3 nitrogen and oxygen atoms in total. The molecule has 1 aliphatic heterocycles. The third-order valence-electron chi connectivity index (χ3n) is 3.16. The fourth-order valence-corrected chi connectivity index (χ4v) is 3.39. The molecule has 0 bridgehead atoms. The maximum Gasteiger partial charge on any atom is 0.211 e. The van der Waals surface area contributed by atoms with Gasteiger partial charge < -0.3 is 0 Å². The Balaban J connectivity index is 2.50. The number of piperidine rings is 1. The fraction of sp³-hybridized carbons (Fsp3) is 0.833. The van der Waals surface area contributed by atoms with Crippen molar-refractivity contribution in [1.82, 2.24) is 4.31 Å². The summed E-state index contributed by atoms with van der Waals surface area (Å²) in [6.45, 7) is 3.45. The van der Waals surface area contributed by atoms with E-state index in [1.54, 1.807) is 4.31 Å². The molecule has 0 amide bonds. The molecule has 0 aliphatic carbocycles. The Kier molecular flexibility index (Phi) is 5.97. The van der Waals surface area contributed by atoms with Crippen LogP contribution in [0.1, 0.15) is 32.6 Å². The molecule has 17 heavy (non-hydrogen) atoms. The summed E-state index contributed by atoms with van der Waals surface area (Å²) in [6.07, 6.45) is 7.44. The molecule has 0 aromatic heterocycles. The molecule has 1 saturated heterocycles. The maximum atomic E-state index is 11.5. The van der Waals surface area contributed by atoms with Crippen LogP contribution in [-0.2, 0) is 10.0 Å². The van der Waals surface area contributed by atoms with Crippen molar-refractivity contribution in [2.24, 2.45) is 5.92 Å². The van der Waals surface area contributed by atoms with E-state index in [2.05, 4.69) is 13.0 Å². The molecule has 0 aromatic carbocycles. The largest absolute Gasteiger partial charge is 0.213 e. The second-order valence-corrected chi connectivity index (χ2v) is 7.22.